The number of hydrogen-bond acceptors (Lipinski definition) is 5. The number of methoxy groups -OCH3 is 1. The summed E-state index contributed by atoms with van der Waals surface area (Å²) >= 11 is 0. The highest BCUT2D eigenvalue weighted by Crippen LogP contribution is 2.14. The normalized spacial score (nSPS) is 14.7. The van der Waals surface area contributed by atoms with E-state index in [9.17, 15) is 14.4 Å². The molecule has 27 heavy (non-hydrogen) atoms. The lowest BCUT2D eigenvalue weighted by Crippen LogP contribution is -2.47. The lowest BCUT2D eigenvalue weighted by atomic mass is 10.0. The van der Waals surface area contributed by atoms with E-state index in [0.29, 0.717) is 50.4 Å². The average Bonchev–Trinajstić information content (AvgIpc) is 2.65. The largest absolute Gasteiger partial charge is 0.382 e. The molecule has 0 atom stereocenters. The molecule has 1 aliphatic rings. The number of carbonyl (C=O) groups excluding carboxylic acids is 3. The Bertz CT molecular complexity index is 657. The zero-order chi connectivity index (χ0) is 19.6. The van der Waals surface area contributed by atoms with Crippen LogP contribution in [0.4, 0.5) is 5.69 Å². The van der Waals surface area contributed by atoms with Gasteiger partial charge in [0, 0.05) is 44.4 Å². The minimum Gasteiger partial charge on any atom is -0.382 e. The number of rotatable bonds is 8. The third-order valence-electron chi connectivity index (χ3n) is 4.29. The van der Waals surface area contributed by atoms with Crippen molar-refractivity contribution in [2.45, 2.75) is 25.8 Å². The van der Waals surface area contributed by atoms with Gasteiger partial charge in [0.05, 0.1) is 13.2 Å². The summed E-state index contributed by atoms with van der Waals surface area (Å²) in [7, 11) is 1.58. The summed E-state index contributed by atoms with van der Waals surface area (Å²) in [5.41, 5.74) is 1.08. The first-order chi connectivity index (χ1) is 13.0. The Morgan fingerprint density at radius 3 is 2.59 bits per heavy atom. The number of ether oxygens (including phenoxy) is 2. The number of likely N-dealkylation sites (tertiary alicyclic amines) is 1. The van der Waals surface area contributed by atoms with E-state index in [4.69, 9.17) is 9.47 Å². The van der Waals surface area contributed by atoms with Crippen LogP contribution in [0.5, 0.6) is 0 Å². The predicted molar refractivity (Wildman–Crippen MR) is 101 cm³/mol. The van der Waals surface area contributed by atoms with Gasteiger partial charge in [-0.25, -0.2) is 0 Å². The highest BCUT2D eigenvalue weighted by molar-refractivity contribution is 5.97. The SMILES string of the molecule is COCCOCC(=O)N1CCC(NC(=O)c2cccc(NC(C)=O)c2)CC1. The lowest BCUT2D eigenvalue weighted by Gasteiger charge is -2.32. The number of benzene rings is 1. The van der Waals surface area contributed by atoms with E-state index in [0.717, 1.165) is 0 Å². The maximum Gasteiger partial charge on any atom is 0.251 e. The molecule has 0 saturated carbocycles. The molecule has 0 spiro atoms. The van der Waals surface area contributed by atoms with Crippen molar-refractivity contribution < 1.29 is 23.9 Å². The van der Waals surface area contributed by atoms with Gasteiger partial charge in [-0.05, 0) is 31.0 Å². The molecule has 0 bridgehead atoms. The Balaban J connectivity index is 1.77. The fourth-order valence-corrected chi connectivity index (χ4v) is 2.88. The van der Waals surface area contributed by atoms with Crippen molar-refractivity contribution in [1.29, 1.82) is 0 Å². The first kappa shape index (κ1) is 20.9. The van der Waals surface area contributed by atoms with Crippen LogP contribution in [0.2, 0.25) is 0 Å². The molecular weight excluding hydrogens is 350 g/mol. The van der Waals surface area contributed by atoms with Crippen LogP contribution in [0.3, 0.4) is 0 Å². The number of nitrogens with one attached hydrogen (secondary N) is 2. The van der Waals surface area contributed by atoms with Crippen molar-refractivity contribution in [2.24, 2.45) is 0 Å². The molecule has 0 radical (unpaired) electrons. The highest BCUT2D eigenvalue weighted by Gasteiger charge is 2.24. The molecule has 0 aromatic heterocycles. The molecule has 8 heteroatoms. The van der Waals surface area contributed by atoms with Crippen LogP contribution in [0, 0.1) is 0 Å². The summed E-state index contributed by atoms with van der Waals surface area (Å²) in [6, 6.07) is 6.83. The molecular formula is C19H27N3O5. The van der Waals surface area contributed by atoms with Crippen molar-refractivity contribution in [3.8, 4) is 0 Å². The molecule has 1 aromatic rings. The van der Waals surface area contributed by atoms with Gasteiger partial charge in [-0.2, -0.15) is 0 Å². The smallest absolute Gasteiger partial charge is 0.251 e. The van der Waals surface area contributed by atoms with E-state index in [1.165, 1.54) is 6.92 Å². The molecule has 0 aliphatic carbocycles. The van der Waals surface area contributed by atoms with E-state index in [2.05, 4.69) is 10.6 Å². The van der Waals surface area contributed by atoms with Gasteiger partial charge in [0.15, 0.2) is 0 Å². The van der Waals surface area contributed by atoms with Gasteiger partial charge in [0.2, 0.25) is 11.8 Å². The van der Waals surface area contributed by atoms with Crippen molar-refractivity contribution in [2.75, 3.05) is 45.3 Å². The van der Waals surface area contributed by atoms with Crippen molar-refractivity contribution in [3.63, 3.8) is 0 Å². The van der Waals surface area contributed by atoms with Crippen LogP contribution >= 0.6 is 0 Å². The van der Waals surface area contributed by atoms with Gasteiger partial charge in [-0.3, -0.25) is 14.4 Å². The highest BCUT2D eigenvalue weighted by atomic mass is 16.5. The maximum atomic E-state index is 12.4. The summed E-state index contributed by atoms with van der Waals surface area (Å²) < 4.78 is 10.1. The molecule has 1 heterocycles. The lowest BCUT2D eigenvalue weighted by molar-refractivity contribution is -0.137. The standard InChI is InChI=1S/C19H27N3O5/c1-14(23)20-17-5-3-4-15(12-17)19(25)21-16-6-8-22(9-7-16)18(24)13-27-11-10-26-2/h3-5,12,16H,6-11,13H2,1-2H3,(H,20,23)(H,21,25). The number of anilines is 1. The Kier molecular flexibility index (Phi) is 8.22. The molecule has 2 rings (SSSR count). The fraction of sp³-hybridized carbons (Fsp3) is 0.526. The summed E-state index contributed by atoms with van der Waals surface area (Å²) in [5, 5.41) is 5.66. The second-order valence-electron chi connectivity index (χ2n) is 6.44. The first-order valence-electron chi connectivity index (χ1n) is 9.02. The molecule has 2 N–H and O–H groups in total. The number of piperidine rings is 1. The molecule has 1 aliphatic heterocycles. The number of amides is 3. The molecule has 1 fully saturated rings. The second kappa shape index (κ2) is 10.6. The molecule has 0 unspecified atom stereocenters. The van der Waals surface area contributed by atoms with Crippen molar-refractivity contribution in [3.05, 3.63) is 29.8 Å². The topological polar surface area (TPSA) is 97.0 Å². The van der Waals surface area contributed by atoms with Crippen LogP contribution in [0.1, 0.15) is 30.1 Å². The van der Waals surface area contributed by atoms with E-state index in [1.54, 1.807) is 36.3 Å². The zero-order valence-corrected chi connectivity index (χ0v) is 15.8. The number of carbonyl (C=O) groups is 3. The Labute approximate surface area is 159 Å². The van der Waals surface area contributed by atoms with Crippen LogP contribution in [0.25, 0.3) is 0 Å². The van der Waals surface area contributed by atoms with E-state index >= 15 is 0 Å². The third-order valence-corrected chi connectivity index (χ3v) is 4.29. The van der Waals surface area contributed by atoms with E-state index < -0.39 is 0 Å². The van der Waals surface area contributed by atoms with Gasteiger partial charge in [-0.1, -0.05) is 6.07 Å². The summed E-state index contributed by atoms with van der Waals surface area (Å²) in [4.78, 5) is 37.4. The minimum atomic E-state index is -0.185. The Morgan fingerprint density at radius 1 is 1.19 bits per heavy atom. The Hall–Kier alpha value is -2.45. The predicted octanol–water partition coefficient (Wildman–Crippen LogP) is 1.03. The van der Waals surface area contributed by atoms with Crippen molar-refractivity contribution in [1.82, 2.24) is 10.2 Å². The molecule has 1 aromatic carbocycles. The molecule has 148 valence electrons. The molecule has 3 amide bonds. The number of nitrogens with zero attached hydrogens (tertiary/aromatic N) is 1. The number of hydrogen-bond donors (Lipinski definition) is 2. The maximum absolute atomic E-state index is 12.4. The zero-order valence-electron chi connectivity index (χ0n) is 15.8. The minimum absolute atomic E-state index is 0.0142. The van der Waals surface area contributed by atoms with Crippen LogP contribution in [-0.4, -0.2) is 68.7 Å². The summed E-state index contributed by atoms with van der Waals surface area (Å²) in [5.74, 6) is -0.412. The van der Waals surface area contributed by atoms with Crippen molar-refractivity contribution >= 4 is 23.4 Å². The quantitative estimate of drug-likeness (QED) is 0.660. The Morgan fingerprint density at radius 2 is 1.93 bits per heavy atom. The van der Waals surface area contributed by atoms with Crippen LogP contribution in [0.15, 0.2) is 24.3 Å². The van der Waals surface area contributed by atoms with Gasteiger partial charge >= 0.3 is 0 Å². The van der Waals surface area contributed by atoms with Gasteiger partial charge in [0.25, 0.3) is 5.91 Å². The summed E-state index contributed by atoms with van der Waals surface area (Å²) in [6.45, 7) is 3.50. The fourth-order valence-electron chi connectivity index (χ4n) is 2.88. The monoisotopic (exact) mass is 377 g/mol. The van der Waals surface area contributed by atoms with Crippen LogP contribution in [-0.2, 0) is 19.1 Å². The van der Waals surface area contributed by atoms with Gasteiger partial charge < -0.3 is 25.0 Å². The van der Waals surface area contributed by atoms with Gasteiger partial charge in [-0.15, -0.1) is 0 Å². The summed E-state index contributed by atoms with van der Waals surface area (Å²) in [6.07, 6.45) is 1.39. The van der Waals surface area contributed by atoms with Crippen LogP contribution < -0.4 is 10.6 Å². The van der Waals surface area contributed by atoms with E-state index in [1.807, 2.05) is 0 Å². The molecule has 1 saturated heterocycles. The first-order valence-corrected chi connectivity index (χ1v) is 9.02. The average molecular weight is 377 g/mol. The third kappa shape index (κ3) is 6.99. The second-order valence-corrected chi connectivity index (χ2v) is 6.44. The van der Waals surface area contributed by atoms with Gasteiger partial charge in [0.1, 0.15) is 6.61 Å². The molecule has 8 nitrogen and oxygen atoms in total. The van der Waals surface area contributed by atoms with E-state index in [-0.39, 0.29) is 30.4 Å².